The van der Waals surface area contributed by atoms with Crippen molar-refractivity contribution >= 4 is 5.91 Å². The molecule has 0 aliphatic heterocycles. The van der Waals surface area contributed by atoms with Crippen LogP contribution < -0.4 is 15.8 Å². The molecular weight excluding hydrogens is 230 g/mol. The van der Waals surface area contributed by atoms with Gasteiger partial charge in [-0.1, -0.05) is 6.42 Å². The van der Waals surface area contributed by atoms with Gasteiger partial charge in [0, 0.05) is 18.8 Å². The highest BCUT2D eigenvalue weighted by Crippen LogP contribution is 2.23. The Morgan fingerprint density at radius 1 is 1.61 bits per heavy atom. The number of carbonyl (C=O) groups excluding carboxylic acids is 1. The lowest BCUT2D eigenvalue weighted by Crippen LogP contribution is -2.36. The van der Waals surface area contributed by atoms with Gasteiger partial charge in [-0.15, -0.1) is 0 Å². The van der Waals surface area contributed by atoms with Crippen LogP contribution in [0.5, 0.6) is 5.88 Å². The molecule has 0 aromatic carbocycles. The molecule has 2 rings (SSSR count). The van der Waals surface area contributed by atoms with Crippen molar-refractivity contribution in [3.63, 3.8) is 0 Å². The van der Waals surface area contributed by atoms with Gasteiger partial charge in [0.15, 0.2) is 0 Å². The number of aromatic nitrogens is 1. The Kier molecular flexibility index (Phi) is 4.15. The summed E-state index contributed by atoms with van der Waals surface area (Å²) in [6, 6.07) is 3.63. The second kappa shape index (κ2) is 5.82. The molecule has 1 heterocycles. The van der Waals surface area contributed by atoms with Crippen molar-refractivity contribution in [3.05, 3.63) is 23.9 Å². The third-order valence-electron chi connectivity index (χ3n) is 3.45. The average Bonchev–Trinajstić information content (AvgIpc) is 2.81. The quantitative estimate of drug-likeness (QED) is 0.832. The average molecular weight is 249 g/mol. The van der Waals surface area contributed by atoms with E-state index in [1.54, 1.807) is 18.3 Å². The van der Waals surface area contributed by atoms with Crippen LogP contribution in [0.25, 0.3) is 0 Å². The molecule has 98 valence electrons. The highest BCUT2D eigenvalue weighted by Gasteiger charge is 2.24. The summed E-state index contributed by atoms with van der Waals surface area (Å²) in [6.07, 6.45) is 4.89. The van der Waals surface area contributed by atoms with Crippen molar-refractivity contribution in [2.24, 2.45) is 11.7 Å². The molecule has 1 aliphatic carbocycles. The molecule has 0 saturated heterocycles. The minimum Gasteiger partial charge on any atom is -0.480 e. The molecule has 3 N–H and O–H groups in total. The number of ether oxygens (including phenoxy) is 1. The fraction of sp³-hybridized carbons (Fsp3) is 0.538. The van der Waals surface area contributed by atoms with Crippen molar-refractivity contribution in [1.29, 1.82) is 0 Å². The number of pyridine rings is 1. The number of methoxy groups -OCH3 is 1. The van der Waals surface area contributed by atoms with E-state index in [2.05, 4.69) is 10.3 Å². The van der Waals surface area contributed by atoms with E-state index in [1.165, 1.54) is 7.11 Å². The Hall–Kier alpha value is -1.62. The van der Waals surface area contributed by atoms with Crippen LogP contribution in [0, 0.1) is 5.92 Å². The number of nitrogens with two attached hydrogens (primary N) is 1. The van der Waals surface area contributed by atoms with Gasteiger partial charge in [0.2, 0.25) is 5.88 Å². The molecule has 0 radical (unpaired) electrons. The molecule has 1 aromatic heterocycles. The SMILES string of the molecule is COc1ncccc1C(=O)NCC1CCCC1N. The topological polar surface area (TPSA) is 77.2 Å². The minimum atomic E-state index is -0.154. The van der Waals surface area contributed by atoms with E-state index in [4.69, 9.17) is 10.5 Å². The van der Waals surface area contributed by atoms with E-state index in [-0.39, 0.29) is 11.9 Å². The van der Waals surface area contributed by atoms with Crippen molar-refractivity contribution in [2.75, 3.05) is 13.7 Å². The standard InChI is InChI=1S/C13H19N3O2/c1-18-13-10(5-3-7-15-13)12(17)16-8-9-4-2-6-11(9)14/h3,5,7,9,11H,2,4,6,8,14H2,1H3,(H,16,17). The Morgan fingerprint density at radius 3 is 3.11 bits per heavy atom. The molecular formula is C13H19N3O2. The number of hydrogen-bond acceptors (Lipinski definition) is 4. The smallest absolute Gasteiger partial charge is 0.256 e. The van der Waals surface area contributed by atoms with Gasteiger partial charge in [-0.3, -0.25) is 4.79 Å². The molecule has 18 heavy (non-hydrogen) atoms. The monoisotopic (exact) mass is 249 g/mol. The second-order valence-corrected chi connectivity index (χ2v) is 4.63. The van der Waals surface area contributed by atoms with Crippen LogP contribution in [0.4, 0.5) is 0 Å². The summed E-state index contributed by atoms with van der Waals surface area (Å²) in [5.41, 5.74) is 6.44. The maximum absolute atomic E-state index is 12.0. The molecule has 1 aliphatic rings. The largest absolute Gasteiger partial charge is 0.480 e. The summed E-state index contributed by atoms with van der Waals surface area (Å²) in [5, 5.41) is 2.91. The van der Waals surface area contributed by atoms with Crippen molar-refractivity contribution < 1.29 is 9.53 Å². The molecule has 1 saturated carbocycles. The Labute approximate surface area is 107 Å². The van der Waals surface area contributed by atoms with Gasteiger partial charge in [-0.25, -0.2) is 4.98 Å². The zero-order chi connectivity index (χ0) is 13.0. The summed E-state index contributed by atoms with van der Waals surface area (Å²) in [6.45, 7) is 0.623. The predicted octanol–water partition coefficient (Wildman–Crippen LogP) is 0.947. The number of hydrogen-bond donors (Lipinski definition) is 2. The van der Waals surface area contributed by atoms with Crippen molar-refractivity contribution in [3.8, 4) is 5.88 Å². The van der Waals surface area contributed by atoms with Crippen LogP contribution in [-0.2, 0) is 0 Å². The number of amides is 1. The van der Waals surface area contributed by atoms with Crippen LogP contribution in [0.3, 0.4) is 0 Å². The Balaban J connectivity index is 1.95. The van der Waals surface area contributed by atoms with E-state index in [0.717, 1.165) is 19.3 Å². The first-order valence-corrected chi connectivity index (χ1v) is 6.25. The van der Waals surface area contributed by atoms with Gasteiger partial charge >= 0.3 is 0 Å². The third kappa shape index (κ3) is 2.79. The zero-order valence-electron chi connectivity index (χ0n) is 10.6. The molecule has 0 bridgehead atoms. The van der Waals surface area contributed by atoms with Gasteiger partial charge in [-0.05, 0) is 30.9 Å². The fourth-order valence-electron chi connectivity index (χ4n) is 2.36. The number of nitrogens with zero attached hydrogens (tertiary/aromatic N) is 1. The Morgan fingerprint density at radius 2 is 2.44 bits per heavy atom. The lowest BCUT2D eigenvalue weighted by atomic mass is 10.0. The Bertz CT molecular complexity index is 422. The number of nitrogens with one attached hydrogen (secondary N) is 1. The summed E-state index contributed by atoms with van der Waals surface area (Å²) >= 11 is 0. The first-order chi connectivity index (χ1) is 8.72. The van der Waals surface area contributed by atoms with Gasteiger partial charge in [0.05, 0.1) is 7.11 Å². The molecule has 1 fully saturated rings. The third-order valence-corrected chi connectivity index (χ3v) is 3.45. The van der Waals surface area contributed by atoms with Crippen LogP contribution in [-0.4, -0.2) is 30.6 Å². The number of carbonyl (C=O) groups is 1. The van der Waals surface area contributed by atoms with E-state index >= 15 is 0 Å². The highest BCUT2D eigenvalue weighted by molar-refractivity contribution is 5.96. The van der Waals surface area contributed by atoms with Gasteiger partial charge in [-0.2, -0.15) is 0 Å². The van der Waals surface area contributed by atoms with E-state index in [9.17, 15) is 4.79 Å². The summed E-state index contributed by atoms with van der Waals surface area (Å²) in [4.78, 5) is 16.0. The molecule has 2 atom stereocenters. The lowest BCUT2D eigenvalue weighted by molar-refractivity contribution is 0.0942. The maximum atomic E-state index is 12.0. The predicted molar refractivity (Wildman–Crippen MR) is 68.4 cm³/mol. The summed E-state index contributed by atoms with van der Waals surface area (Å²) < 4.78 is 5.06. The normalized spacial score (nSPS) is 22.8. The minimum absolute atomic E-state index is 0.154. The van der Waals surface area contributed by atoms with E-state index in [1.807, 2.05) is 0 Å². The van der Waals surface area contributed by atoms with Crippen LogP contribution >= 0.6 is 0 Å². The van der Waals surface area contributed by atoms with E-state index in [0.29, 0.717) is 23.9 Å². The highest BCUT2D eigenvalue weighted by atomic mass is 16.5. The van der Waals surface area contributed by atoms with Crippen LogP contribution in [0.1, 0.15) is 29.6 Å². The summed E-state index contributed by atoms with van der Waals surface area (Å²) in [5.74, 6) is 0.585. The van der Waals surface area contributed by atoms with Gasteiger partial charge in [0.25, 0.3) is 5.91 Å². The van der Waals surface area contributed by atoms with Crippen molar-refractivity contribution in [1.82, 2.24) is 10.3 Å². The van der Waals surface area contributed by atoms with Crippen LogP contribution in [0.15, 0.2) is 18.3 Å². The second-order valence-electron chi connectivity index (χ2n) is 4.63. The van der Waals surface area contributed by atoms with Crippen LogP contribution in [0.2, 0.25) is 0 Å². The molecule has 2 unspecified atom stereocenters. The molecule has 1 amide bonds. The van der Waals surface area contributed by atoms with Gasteiger partial charge < -0.3 is 15.8 Å². The van der Waals surface area contributed by atoms with E-state index < -0.39 is 0 Å². The lowest BCUT2D eigenvalue weighted by Gasteiger charge is -2.16. The molecule has 0 spiro atoms. The number of rotatable bonds is 4. The maximum Gasteiger partial charge on any atom is 0.256 e. The summed E-state index contributed by atoms with van der Waals surface area (Å²) in [7, 11) is 1.51. The molecule has 5 nitrogen and oxygen atoms in total. The first-order valence-electron chi connectivity index (χ1n) is 6.25. The zero-order valence-corrected chi connectivity index (χ0v) is 10.6. The first kappa shape index (κ1) is 12.8. The fourth-order valence-corrected chi connectivity index (χ4v) is 2.36. The molecule has 5 heteroatoms. The van der Waals surface area contributed by atoms with Crippen molar-refractivity contribution in [2.45, 2.75) is 25.3 Å². The van der Waals surface area contributed by atoms with Gasteiger partial charge in [0.1, 0.15) is 5.56 Å². The molecule has 1 aromatic rings.